The van der Waals surface area contributed by atoms with Crippen LogP contribution in [0, 0.1) is 17.3 Å². The largest absolute Gasteiger partial charge is 0.388 e. The van der Waals surface area contributed by atoms with Gasteiger partial charge in [-0.1, -0.05) is 24.3 Å². The first-order valence-electron chi connectivity index (χ1n) is 5.28. The Hall–Kier alpha value is -0.890. The smallest absolute Gasteiger partial charge is 0.140 e. The molecule has 4 atom stereocenters. The summed E-state index contributed by atoms with van der Waals surface area (Å²) in [7, 11) is 0. The molecular weight excluding hydrogens is 176 g/mol. The van der Waals surface area contributed by atoms with E-state index in [-0.39, 0.29) is 11.3 Å². The summed E-state index contributed by atoms with van der Waals surface area (Å²) in [4.78, 5) is 11.8. The first-order valence-corrected chi connectivity index (χ1v) is 5.28. The van der Waals surface area contributed by atoms with Crippen LogP contribution in [0.5, 0.6) is 0 Å². The molecule has 4 rings (SSSR count). The lowest BCUT2D eigenvalue weighted by Crippen LogP contribution is -2.48. The van der Waals surface area contributed by atoms with Gasteiger partial charge in [0.15, 0.2) is 0 Å². The van der Waals surface area contributed by atoms with Gasteiger partial charge >= 0.3 is 0 Å². The third-order valence-corrected chi connectivity index (χ3v) is 4.05. The first kappa shape index (κ1) is 8.42. The number of Topliss-reactive ketones (excluding diaryl/α,β-unsaturated/α-hetero) is 1. The van der Waals surface area contributed by atoms with Gasteiger partial charge in [0.25, 0.3) is 0 Å². The molecule has 0 radical (unpaired) electrons. The average Bonchev–Trinajstić information content (AvgIpc) is 2.48. The molecule has 1 saturated carbocycles. The van der Waals surface area contributed by atoms with Crippen LogP contribution in [-0.2, 0) is 4.79 Å². The zero-order chi connectivity index (χ0) is 9.76. The molecule has 2 bridgehead atoms. The number of carbonyl (C=O) groups is 1. The lowest BCUT2D eigenvalue weighted by atomic mass is 9.56. The second-order valence-electron chi connectivity index (χ2n) is 4.81. The minimum atomic E-state index is -0.413. The molecule has 2 heteroatoms. The summed E-state index contributed by atoms with van der Waals surface area (Å²) in [5.74, 6) is 0.672. The zero-order valence-electron chi connectivity index (χ0n) is 8.02. The Morgan fingerprint density at radius 2 is 2.21 bits per heavy atom. The van der Waals surface area contributed by atoms with Crippen molar-refractivity contribution in [2.45, 2.75) is 25.4 Å². The minimum absolute atomic E-state index is 0.0301. The van der Waals surface area contributed by atoms with Crippen molar-refractivity contribution in [3.63, 3.8) is 0 Å². The number of ketones is 1. The molecule has 14 heavy (non-hydrogen) atoms. The normalized spacial score (nSPS) is 49.5. The van der Waals surface area contributed by atoms with E-state index in [0.717, 1.165) is 12.8 Å². The standard InChI is InChI=1S/C12H14O2/c13-10-6-8-3-4-9(10)12(7-8)5-1-2-11(12)14/h1-4,8-9,11,14H,5-7H2/t8-,9+,11-,12-/m0/s1. The summed E-state index contributed by atoms with van der Waals surface area (Å²) < 4.78 is 0. The third kappa shape index (κ3) is 0.871. The average molecular weight is 190 g/mol. The van der Waals surface area contributed by atoms with Gasteiger partial charge in [-0.3, -0.25) is 4.79 Å². The van der Waals surface area contributed by atoms with Crippen LogP contribution in [0.15, 0.2) is 24.3 Å². The Balaban J connectivity index is 2.03. The lowest BCUT2D eigenvalue weighted by Gasteiger charge is -2.47. The Bertz CT molecular complexity index is 342. The van der Waals surface area contributed by atoms with Crippen molar-refractivity contribution >= 4 is 5.78 Å². The van der Waals surface area contributed by atoms with Crippen molar-refractivity contribution < 1.29 is 9.90 Å². The minimum Gasteiger partial charge on any atom is -0.388 e. The second-order valence-corrected chi connectivity index (χ2v) is 4.81. The molecule has 0 saturated heterocycles. The Kier molecular flexibility index (Phi) is 1.55. The molecule has 0 aromatic rings. The number of allylic oxidation sites excluding steroid dienone is 3. The number of carbonyl (C=O) groups excluding carboxylic acids is 1. The predicted octanol–water partition coefficient (Wildman–Crippen LogP) is 1.46. The molecule has 0 heterocycles. The van der Waals surface area contributed by atoms with Crippen LogP contribution in [-0.4, -0.2) is 17.0 Å². The van der Waals surface area contributed by atoms with Gasteiger partial charge in [0.2, 0.25) is 0 Å². The van der Waals surface area contributed by atoms with E-state index >= 15 is 0 Å². The Morgan fingerprint density at radius 3 is 2.79 bits per heavy atom. The summed E-state index contributed by atoms with van der Waals surface area (Å²) >= 11 is 0. The molecular formula is C12H14O2. The number of fused-ring (bicyclic) bond motifs is 1. The van der Waals surface area contributed by atoms with Crippen LogP contribution in [0.3, 0.4) is 0 Å². The quantitative estimate of drug-likeness (QED) is 0.587. The van der Waals surface area contributed by atoms with Crippen molar-refractivity contribution in [3.8, 4) is 0 Å². The molecule has 1 N–H and O–H groups in total. The van der Waals surface area contributed by atoms with E-state index in [1.54, 1.807) is 0 Å². The predicted molar refractivity (Wildman–Crippen MR) is 52.6 cm³/mol. The van der Waals surface area contributed by atoms with E-state index in [9.17, 15) is 9.90 Å². The van der Waals surface area contributed by atoms with Crippen molar-refractivity contribution in [2.75, 3.05) is 0 Å². The SMILES string of the molecule is O=C1C[C@@H]2C=C[C@H]1[C@]1(CC=C[C@@H]1O)C2. The van der Waals surface area contributed by atoms with Gasteiger partial charge in [0, 0.05) is 17.8 Å². The van der Waals surface area contributed by atoms with Crippen molar-refractivity contribution in [3.05, 3.63) is 24.3 Å². The fourth-order valence-electron chi connectivity index (χ4n) is 3.34. The highest BCUT2D eigenvalue weighted by molar-refractivity contribution is 5.86. The molecule has 0 aliphatic heterocycles. The fraction of sp³-hybridized carbons (Fsp3) is 0.583. The van der Waals surface area contributed by atoms with E-state index < -0.39 is 6.10 Å². The highest BCUT2D eigenvalue weighted by atomic mass is 16.3. The van der Waals surface area contributed by atoms with Crippen LogP contribution in [0.2, 0.25) is 0 Å². The van der Waals surface area contributed by atoms with E-state index in [1.165, 1.54) is 0 Å². The Labute approximate surface area is 83.3 Å². The summed E-state index contributed by atoms with van der Waals surface area (Å²) in [6.07, 6.45) is 10.2. The Morgan fingerprint density at radius 1 is 1.36 bits per heavy atom. The van der Waals surface area contributed by atoms with Gasteiger partial charge in [-0.25, -0.2) is 0 Å². The van der Waals surface area contributed by atoms with Gasteiger partial charge in [-0.15, -0.1) is 0 Å². The first-order chi connectivity index (χ1) is 6.72. The van der Waals surface area contributed by atoms with Crippen molar-refractivity contribution in [2.24, 2.45) is 17.3 Å². The summed E-state index contributed by atoms with van der Waals surface area (Å²) in [6.45, 7) is 0. The van der Waals surface area contributed by atoms with E-state index in [4.69, 9.17) is 0 Å². The number of hydrogen-bond acceptors (Lipinski definition) is 2. The van der Waals surface area contributed by atoms with Gasteiger partial charge in [-0.05, 0) is 18.8 Å². The molecule has 1 spiro atoms. The van der Waals surface area contributed by atoms with Crippen LogP contribution in [0.25, 0.3) is 0 Å². The molecule has 74 valence electrons. The molecule has 2 nitrogen and oxygen atoms in total. The van der Waals surface area contributed by atoms with Crippen molar-refractivity contribution in [1.82, 2.24) is 0 Å². The molecule has 0 amide bonds. The third-order valence-electron chi connectivity index (χ3n) is 4.05. The number of aliphatic hydroxyl groups is 1. The van der Waals surface area contributed by atoms with Crippen LogP contribution in [0.1, 0.15) is 19.3 Å². The highest BCUT2D eigenvalue weighted by Crippen LogP contribution is 2.53. The van der Waals surface area contributed by atoms with E-state index in [0.29, 0.717) is 18.1 Å². The van der Waals surface area contributed by atoms with Gasteiger partial charge < -0.3 is 5.11 Å². The van der Waals surface area contributed by atoms with E-state index in [2.05, 4.69) is 6.08 Å². The van der Waals surface area contributed by atoms with Crippen molar-refractivity contribution in [1.29, 1.82) is 0 Å². The fourth-order valence-corrected chi connectivity index (χ4v) is 3.34. The summed E-state index contributed by atoms with van der Waals surface area (Å²) in [5, 5.41) is 9.97. The maximum absolute atomic E-state index is 11.8. The van der Waals surface area contributed by atoms with Crippen LogP contribution >= 0.6 is 0 Å². The van der Waals surface area contributed by atoms with Crippen LogP contribution < -0.4 is 0 Å². The topological polar surface area (TPSA) is 37.3 Å². The second kappa shape index (κ2) is 2.57. The molecule has 0 aromatic carbocycles. The van der Waals surface area contributed by atoms with Gasteiger partial charge in [0.1, 0.15) is 5.78 Å². The van der Waals surface area contributed by atoms with E-state index in [1.807, 2.05) is 18.2 Å². The zero-order valence-corrected chi connectivity index (χ0v) is 8.02. The van der Waals surface area contributed by atoms with Gasteiger partial charge in [0.05, 0.1) is 6.10 Å². The van der Waals surface area contributed by atoms with Crippen LogP contribution in [0.4, 0.5) is 0 Å². The number of rotatable bonds is 0. The maximum Gasteiger partial charge on any atom is 0.140 e. The number of aliphatic hydroxyl groups excluding tert-OH is 1. The molecule has 4 aliphatic rings. The molecule has 1 fully saturated rings. The molecule has 0 unspecified atom stereocenters. The number of hydrogen-bond donors (Lipinski definition) is 1. The highest BCUT2D eigenvalue weighted by Gasteiger charge is 2.53. The molecule has 4 aliphatic carbocycles. The lowest BCUT2D eigenvalue weighted by molar-refractivity contribution is -0.134. The summed E-state index contributed by atoms with van der Waals surface area (Å²) in [5.41, 5.74) is -0.172. The summed E-state index contributed by atoms with van der Waals surface area (Å²) in [6, 6.07) is 0. The maximum atomic E-state index is 11.8. The van der Waals surface area contributed by atoms with Gasteiger partial charge in [-0.2, -0.15) is 0 Å². The monoisotopic (exact) mass is 190 g/mol. The molecule has 0 aromatic heterocycles.